The van der Waals surface area contributed by atoms with E-state index in [4.69, 9.17) is 4.89 Å². The van der Waals surface area contributed by atoms with E-state index in [9.17, 15) is 5.26 Å². The summed E-state index contributed by atoms with van der Waals surface area (Å²) in [6.07, 6.45) is 0. The van der Waals surface area contributed by atoms with E-state index in [2.05, 4.69) is 84.9 Å². The van der Waals surface area contributed by atoms with Gasteiger partial charge in [-0.05, 0) is 27.8 Å². The Morgan fingerprint density at radius 2 is 0.706 bits per heavy atom. The van der Waals surface area contributed by atoms with Crippen molar-refractivity contribution < 1.29 is 10.1 Å². The molecule has 164 valence electrons. The maximum atomic E-state index is 10.7. The molecule has 0 aromatic heterocycles. The zero-order valence-corrected chi connectivity index (χ0v) is 18.6. The molecule has 1 N–H and O–H groups in total. The average molecular weight is 441 g/mol. The highest BCUT2D eigenvalue weighted by molar-refractivity contribution is 5.71. The van der Waals surface area contributed by atoms with Crippen molar-refractivity contribution in [3.05, 3.63) is 178 Å². The van der Waals surface area contributed by atoms with Gasteiger partial charge in [0.1, 0.15) is 0 Å². The minimum atomic E-state index is -1.15. The van der Waals surface area contributed by atoms with Crippen LogP contribution < -0.4 is 0 Å². The monoisotopic (exact) mass is 440 g/mol. The summed E-state index contributed by atoms with van der Waals surface area (Å²) in [4.78, 5) is 5.58. The number of hydrogen-bond acceptors (Lipinski definition) is 2. The summed E-state index contributed by atoms with van der Waals surface area (Å²) < 4.78 is 0. The van der Waals surface area contributed by atoms with E-state index in [1.165, 1.54) is 11.1 Å². The van der Waals surface area contributed by atoms with Crippen molar-refractivity contribution in [2.24, 2.45) is 0 Å². The van der Waals surface area contributed by atoms with Crippen LogP contribution in [0.2, 0.25) is 0 Å². The van der Waals surface area contributed by atoms with Gasteiger partial charge in [0, 0.05) is 11.1 Å². The Kier molecular flexibility index (Phi) is 4.91. The van der Waals surface area contributed by atoms with Crippen molar-refractivity contribution in [3.8, 4) is 0 Å². The van der Waals surface area contributed by atoms with Crippen molar-refractivity contribution in [2.45, 2.75) is 11.0 Å². The first-order valence-corrected chi connectivity index (χ1v) is 11.5. The molecule has 0 aliphatic heterocycles. The highest BCUT2D eigenvalue weighted by Crippen LogP contribution is 2.57. The Hall–Kier alpha value is -3.98. The highest BCUT2D eigenvalue weighted by Gasteiger charge is 2.54. The van der Waals surface area contributed by atoms with Gasteiger partial charge in [-0.15, -0.1) is 0 Å². The zero-order valence-electron chi connectivity index (χ0n) is 18.6. The summed E-state index contributed by atoms with van der Waals surface area (Å²) in [5.74, 6) is 0. The van der Waals surface area contributed by atoms with Crippen LogP contribution in [0.5, 0.6) is 0 Å². The van der Waals surface area contributed by atoms with Gasteiger partial charge in [0.25, 0.3) is 0 Å². The van der Waals surface area contributed by atoms with Crippen LogP contribution in [0.3, 0.4) is 0 Å². The van der Waals surface area contributed by atoms with Crippen molar-refractivity contribution in [1.82, 2.24) is 0 Å². The smallest absolute Gasteiger partial charge is 0.179 e. The van der Waals surface area contributed by atoms with Gasteiger partial charge in [-0.1, -0.05) is 140 Å². The molecule has 0 spiro atoms. The molecule has 0 radical (unpaired) electrons. The highest BCUT2D eigenvalue weighted by atomic mass is 17.1. The van der Waals surface area contributed by atoms with E-state index in [0.717, 1.165) is 27.8 Å². The molecule has 0 unspecified atom stereocenters. The topological polar surface area (TPSA) is 29.5 Å². The lowest BCUT2D eigenvalue weighted by Crippen LogP contribution is -2.45. The first kappa shape index (κ1) is 20.6. The van der Waals surface area contributed by atoms with Crippen LogP contribution >= 0.6 is 0 Å². The number of hydrogen-bond donors (Lipinski definition) is 1. The molecule has 0 saturated heterocycles. The molecule has 0 fully saturated rings. The first-order valence-electron chi connectivity index (χ1n) is 11.5. The Labute approximate surface area is 199 Å². The van der Waals surface area contributed by atoms with Gasteiger partial charge in [-0.2, -0.15) is 0 Å². The second kappa shape index (κ2) is 8.11. The van der Waals surface area contributed by atoms with E-state index < -0.39 is 11.0 Å². The Morgan fingerprint density at radius 3 is 1.09 bits per heavy atom. The van der Waals surface area contributed by atoms with Crippen LogP contribution in [0.1, 0.15) is 38.9 Å². The molecular weight excluding hydrogens is 416 g/mol. The first-order chi connectivity index (χ1) is 16.8. The summed E-state index contributed by atoms with van der Waals surface area (Å²) >= 11 is 0. The van der Waals surface area contributed by atoms with E-state index >= 15 is 0 Å². The predicted octanol–water partition coefficient (Wildman–Crippen LogP) is 7.16. The van der Waals surface area contributed by atoms with Crippen LogP contribution in [-0.2, 0) is 15.9 Å². The molecule has 0 saturated carbocycles. The Bertz CT molecular complexity index is 1340. The zero-order chi connectivity index (χ0) is 23.0. The van der Waals surface area contributed by atoms with Crippen molar-refractivity contribution >= 4 is 0 Å². The number of rotatable bonds is 4. The van der Waals surface area contributed by atoms with Crippen LogP contribution in [0.25, 0.3) is 0 Å². The van der Waals surface area contributed by atoms with Gasteiger partial charge in [0.2, 0.25) is 0 Å². The van der Waals surface area contributed by atoms with Crippen molar-refractivity contribution in [3.63, 3.8) is 0 Å². The maximum Gasteiger partial charge on any atom is 0.179 e. The van der Waals surface area contributed by atoms with Crippen molar-refractivity contribution in [2.75, 3.05) is 0 Å². The lowest BCUT2D eigenvalue weighted by molar-refractivity contribution is -0.303. The standard InChI is InChI=1S/C32H24O2/c33-34-32(26-18-8-3-9-19-26)29-22-12-10-20-27(29)31(24-14-4-1-5-15-24,25-16-6-2-7-17-25)28-21-11-13-23-30(28)32/h1-23,33H. The van der Waals surface area contributed by atoms with Crippen LogP contribution in [-0.4, -0.2) is 5.26 Å². The molecule has 1 aliphatic rings. The minimum absolute atomic E-state index is 0.577. The largest absolute Gasteiger partial charge is 0.250 e. The SMILES string of the molecule is OOC1(c2ccccc2)c2ccccc2C(c2ccccc2)(c2ccccc2)c2ccccc21. The molecule has 0 amide bonds. The van der Waals surface area contributed by atoms with Crippen LogP contribution in [0.4, 0.5) is 0 Å². The number of fused-ring (bicyclic) bond motifs is 2. The maximum absolute atomic E-state index is 10.7. The summed E-state index contributed by atoms with van der Waals surface area (Å²) in [7, 11) is 0. The van der Waals surface area contributed by atoms with E-state index in [0.29, 0.717) is 0 Å². The molecule has 34 heavy (non-hydrogen) atoms. The average Bonchev–Trinajstić information content (AvgIpc) is 2.93. The number of benzene rings is 5. The second-order valence-corrected chi connectivity index (χ2v) is 8.71. The summed E-state index contributed by atoms with van der Waals surface area (Å²) in [5, 5.41) is 10.7. The summed E-state index contributed by atoms with van der Waals surface area (Å²) in [6.45, 7) is 0. The molecule has 6 rings (SSSR count). The molecular formula is C32H24O2. The van der Waals surface area contributed by atoms with Gasteiger partial charge in [-0.3, -0.25) is 5.26 Å². The predicted molar refractivity (Wildman–Crippen MR) is 135 cm³/mol. The normalized spacial score (nSPS) is 15.2. The molecule has 5 aromatic carbocycles. The lowest BCUT2D eigenvalue weighted by atomic mass is 9.55. The Morgan fingerprint density at radius 1 is 0.382 bits per heavy atom. The molecule has 0 atom stereocenters. The second-order valence-electron chi connectivity index (χ2n) is 8.71. The Balaban J connectivity index is 1.83. The summed E-state index contributed by atoms with van der Waals surface area (Å²) in [5.41, 5.74) is 5.51. The fourth-order valence-corrected chi connectivity index (χ4v) is 5.82. The third kappa shape index (κ3) is 2.70. The fraction of sp³-hybridized carbons (Fsp3) is 0.0625. The molecule has 2 nitrogen and oxygen atoms in total. The van der Waals surface area contributed by atoms with Gasteiger partial charge in [-0.25, -0.2) is 4.89 Å². The van der Waals surface area contributed by atoms with Crippen molar-refractivity contribution in [1.29, 1.82) is 0 Å². The molecule has 2 heteroatoms. The van der Waals surface area contributed by atoms with Gasteiger partial charge < -0.3 is 0 Å². The molecule has 5 aromatic rings. The van der Waals surface area contributed by atoms with Crippen LogP contribution in [0, 0.1) is 0 Å². The van der Waals surface area contributed by atoms with Crippen LogP contribution in [0.15, 0.2) is 140 Å². The third-order valence-corrected chi connectivity index (χ3v) is 7.15. The molecule has 0 heterocycles. The third-order valence-electron chi connectivity index (χ3n) is 7.15. The molecule has 0 bridgehead atoms. The fourth-order valence-electron chi connectivity index (χ4n) is 5.82. The lowest BCUT2D eigenvalue weighted by Gasteiger charge is -2.48. The van der Waals surface area contributed by atoms with E-state index in [-0.39, 0.29) is 0 Å². The summed E-state index contributed by atoms with van der Waals surface area (Å²) in [6, 6.07) is 47.9. The van der Waals surface area contributed by atoms with Gasteiger partial charge in [0.15, 0.2) is 5.60 Å². The molecule has 1 aliphatic carbocycles. The van der Waals surface area contributed by atoms with Gasteiger partial charge in [0.05, 0.1) is 5.41 Å². The quantitative estimate of drug-likeness (QED) is 0.237. The van der Waals surface area contributed by atoms with Gasteiger partial charge >= 0.3 is 0 Å². The van der Waals surface area contributed by atoms with E-state index in [1.54, 1.807) is 0 Å². The van der Waals surface area contributed by atoms with E-state index in [1.807, 2.05) is 54.6 Å². The minimum Gasteiger partial charge on any atom is -0.250 e.